The minimum absolute atomic E-state index is 0.442. The molecule has 0 atom stereocenters. The maximum Gasteiger partial charge on any atom is 0.130 e. The van der Waals surface area contributed by atoms with Gasteiger partial charge in [0, 0.05) is 17.3 Å². The van der Waals surface area contributed by atoms with Crippen molar-refractivity contribution in [1.29, 1.82) is 0 Å². The molecular weight excluding hydrogens is 380 g/mol. The van der Waals surface area contributed by atoms with Crippen molar-refractivity contribution >= 4 is 10.9 Å². The van der Waals surface area contributed by atoms with Crippen LogP contribution in [0.2, 0.25) is 0 Å². The van der Waals surface area contributed by atoms with Gasteiger partial charge in [-0.1, -0.05) is 60.7 Å². The minimum atomic E-state index is 0.442. The molecule has 0 unspecified atom stereocenters. The van der Waals surface area contributed by atoms with Crippen LogP contribution in [-0.4, -0.2) is 9.97 Å². The minimum Gasteiger partial charge on any atom is -0.487 e. The van der Waals surface area contributed by atoms with Gasteiger partial charge in [0.2, 0.25) is 0 Å². The van der Waals surface area contributed by atoms with E-state index in [1.54, 1.807) is 0 Å². The van der Waals surface area contributed by atoms with Crippen molar-refractivity contribution in [2.24, 2.45) is 0 Å². The Kier molecular flexibility index (Phi) is 5.16. The van der Waals surface area contributed by atoms with Gasteiger partial charge in [-0.3, -0.25) is 4.98 Å². The van der Waals surface area contributed by atoms with Crippen LogP contribution in [0.25, 0.3) is 33.2 Å². The molecule has 5 rings (SSSR count). The zero-order valence-electron chi connectivity index (χ0n) is 17.3. The van der Waals surface area contributed by atoms with Crippen LogP contribution in [0.1, 0.15) is 11.4 Å². The zero-order valence-corrected chi connectivity index (χ0v) is 17.3. The summed E-state index contributed by atoms with van der Waals surface area (Å²) in [5, 5.41) is 1.14. The average Bonchev–Trinajstić information content (AvgIpc) is 2.83. The first-order valence-electron chi connectivity index (χ1n) is 10.4. The van der Waals surface area contributed by atoms with Crippen molar-refractivity contribution in [3.8, 4) is 28.0 Å². The Balaban J connectivity index is 1.36. The number of nitrogens with zero attached hydrogens (tertiary/aromatic N) is 2. The fourth-order valence-electron chi connectivity index (χ4n) is 3.78. The second kappa shape index (κ2) is 8.41. The lowest BCUT2D eigenvalue weighted by Crippen LogP contribution is -1.98. The lowest BCUT2D eigenvalue weighted by atomic mass is 9.95. The van der Waals surface area contributed by atoms with Gasteiger partial charge >= 0.3 is 0 Å². The second-order valence-corrected chi connectivity index (χ2v) is 7.54. The van der Waals surface area contributed by atoms with Gasteiger partial charge in [0.25, 0.3) is 0 Å². The molecule has 0 aliphatic heterocycles. The van der Waals surface area contributed by atoms with Crippen LogP contribution >= 0.6 is 0 Å². The highest BCUT2D eigenvalue weighted by Gasteiger charge is 2.08. The highest BCUT2D eigenvalue weighted by atomic mass is 16.5. The summed E-state index contributed by atoms with van der Waals surface area (Å²) < 4.78 is 5.99. The van der Waals surface area contributed by atoms with Gasteiger partial charge in [-0.2, -0.15) is 0 Å². The molecule has 0 fully saturated rings. The summed E-state index contributed by atoms with van der Waals surface area (Å²) in [6, 6.07) is 33.1. The number of aromatic nitrogens is 2. The van der Waals surface area contributed by atoms with Crippen LogP contribution in [0.15, 0.2) is 103 Å². The Hall–Kier alpha value is -3.98. The fraction of sp³-hybridized carbons (Fsp3) is 0.0714. The number of pyridine rings is 2. The third-order valence-corrected chi connectivity index (χ3v) is 5.34. The quantitative estimate of drug-likeness (QED) is 0.322. The lowest BCUT2D eigenvalue weighted by molar-refractivity contribution is 0.302. The SMILES string of the molecule is Cc1cc(-c2ccccc2-c2ccc(OCc3ccc4ccccc4n3)cc2)ccn1. The normalized spacial score (nSPS) is 10.9. The lowest BCUT2D eigenvalue weighted by Gasteiger charge is -2.12. The van der Waals surface area contributed by atoms with Gasteiger partial charge in [0.05, 0.1) is 11.2 Å². The van der Waals surface area contributed by atoms with Crippen molar-refractivity contribution in [3.63, 3.8) is 0 Å². The number of rotatable bonds is 5. The Morgan fingerprint density at radius 2 is 1.45 bits per heavy atom. The number of hydrogen-bond donors (Lipinski definition) is 0. The Morgan fingerprint density at radius 1 is 0.710 bits per heavy atom. The van der Waals surface area contributed by atoms with E-state index in [2.05, 4.69) is 70.6 Å². The second-order valence-electron chi connectivity index (χ2n) is 7.54. The van der Waals surface area contributed by atoms with Crippen molar-refractivity contribution in [2.45, 2.75) is 13.5 Å². The van der Waals surface area contributed by atoms with Gasteiger partial charge in [-0.25, -0.2) is 4.98 Å². The molecule has 0 saturated carbocycles. The number of hydrogen-bond acceptors (Lipinski definition) is 3. The average molecular weight is 402 g/mol. The van der Waals surface area contributed by atoms with Crippen molar-refractivity contribution in [3.05, 3.63) is 115 Å². The molecule has 0 amide bonds. The summed E-state index contributed by atoms with van der Waals surface area (Å²) in [6.07, 6.45) is 1.86. The maximum absolute atomic E-state index is 5.99. The van der Waals surface area contributed by atoms with Crippen LogP contribution in [-0.2, 0) is 6.61 Å². The molecule has 0 bridgehead atoms. The van der Waals surface area contributed by atoms with Crippen LogP contribution in [0.5, 0.6) is 5.75 Å². The molecule has 3 nitrogen and oxygen atoms in total. The highest BCUT2D eigenvalue weighted by molar-refractivity contribution is 5.83. The first-order valence-corrected chi connectivity index (χ1v) is 10.4. The largest absolute Gasteiger partial charge is 0.487 e. The molecule has 3 heteroatoms. The van der Waals surface area contributed by atoms with Gasteiger partial charge in [0.1, 0.15) is 12.4 Å². The summed E-state index contributed by atoms with van der Waals surface area (Å²) >= 11 is 0. The van der Waals surface area contributed by atoms with E-state index in [1.165, 1.54) is 16.7 Å². The van der Waals surface area contributed by atoms with Gasteiger partial charge in [-0.15, -0.1) is 0 Å². The summed E-state index contributed by atoms with van der Waals surface area (Å²) in [5.41, 5.74) is 7.63. The molecular formula is C28H22N2O. The maximum atomic E-state index is 5.99. The van der Waals surface area contributed by atoms with Gasteiger partial charge in [0.15, 0.2) is 0 Å². The first kappa shape index (κ1) is 19.0. The number of para-hydroxylation sites is 1. The molecule has 0 radical (unpaired) electrons. The van der Waals surface area contributed by atoms with Crippen LogP contribution in [0, 0.1) is 6.92 Å². The molecule has 31 heavy (non-hydrogen) atoms. The van der Waals surface area contributed by atoms with E-state index in [9.17, 15) is 0 Å². The summed E-state index contributed by atoms with van der Waals surface area (Å²) in [4.78, 5) is 9.00. The van der Waals surface area contributed by atoms with Crippen LogP contribution < -0.4 is 4.74 Å². The summed E-state index contributed by atoms with van der Waals surface area (Å²) in [6.45, 7) is 2.46. The molecule has 5 aromatic rings. The van der Waals surface area contributed by atoms with Gasteiger partial charge in [-0.05, 0) is 65.6 Å². The van der Waals surface area contributed by atoms with Crippen molar-refractivity contribution < 1.29 is 4.74 Å². The van der Waals surface area contributed by atoms with E-state index in [1.807, 2.05) is 49.5 Å². The number of fused-ring (bicyclic) bond motifs is 1. The Bertz CT molecular complexity index is 1340. The topological polar surface area (TPSA) is 35.0 Å². The van der Waals surface area contributed by atoms with E-state index < -0.39 is 0 Å². The third kappa shape index (κ3) is 4.17. The van der Waals surface area contributed by atoms with E-state index in [-0.39, 0.29) is 0 Å². The molecule has 2 heterocycles. The molecule has 0 aliphatic carbocycles. The predicted molar refractivity (Wildman–Crippen MR) is 126 cm³/mol. The van der Waals surface area contributed by atoms with Crippen molar-refractivity contribution in [1.82, 2.24) is 9.97 Å². The molecule has 2 aromatic heterocycles. The number of ether oxygens (including phenoxy) is 1. The van der Waals surface area contributed by atoms with E-state index >= 15 is 0 Å². The summed E-state index contributed by atoms with van der Waals surface area (Å²) in [7, 11) is 0. The molecule has 0 saturated heterocycles. The molecule has 0 N–H and O–H groups in total. The van der Waals surface area contributed by atoms with Gasteiger partial charge < -0.3 is 4.74 Å². The highest BCUT2D eigenvalue weighted by Crippen LogP contribution is 2.33. The third-order valence-electron chi connectivity index (χ3n) is 5.34. The molecule has 0 aliphatic rings. The fourth-order valence-corrected chi connectivity index (χ4v) is 3.78. The van der Waals surface area contributed by atoms with Crippen LogP contribution in [0.3, 0.4) is 0 Å². The van der Waals surface area contributed by atoms with E-state index in [0.717, 1.165) is 33.6 Å². The molecule has 0 spiro atoms. The first-order chi connectivity index (χ1) is 15.3. The summed E-state index contributed by atoms with van der Waals surface area (Å²) in [5.74, 6) is 0.830. The Labute approximate surface area is 182 Å². The van der Waals surface area contributed by atoms with E-state index in [4.69, 9.17) is 4.74 Å². The van der Waals surface area contributed by atoms with Crippen molar-refractivity contribution in [2.75, 3.05) is 0 Å². The predicted octanol–water partition coefficient (Wildman–Crippen LogP) is 6.85. The molecule has 150 valence electrons. The number of benzene rings is 3. The zero-order chi connectivity index (χ0) is 21.0. The number of aryl methyl sites for hydroxylation is 1. The van der Waals surface area contributed by atoms with E-state index in [0.29, 0.717) is 6.61 Å². The Morgan fingerprint density at radius 3 is 2.26 bits per heavy atom. The standard InChI is InChI=1S/C28H22N2O/c1-20-18-23(16-17-29-20)27-8-4-3-7-26(27)21-11-14-25(15-12-21)31-19-24-13-10-22-6-2-5-9-28(22)30-24/h2-18H,19H2,1H3. The smallest absolute Gasteiger partial charge is 0.130 e. The van der Waals surface area contributed by atoms with Crippen LogP contribution in [0.4, 0.5) is 0 Å². The molecule has 3 aromatic carbocycles. The monoisotopic (exact) mass is 402 g/mol.